The molecule has 0 aliphatic carbocycles. The smallest absolute Gasteiger partial charge is 0.219 e. The highest BCUT2D eigenvalue weighted by Gasteiger charge is 2.50. The molecule has 2 fully saturated rings. The molecule has 2 aliphatic rings. The summed E-state index contributed by atoms with van der Waals surface area (Å²) in [6.07, 6.45) is -12.6. The molecule has 0 aromatic rings. The van der Waals surface area contributed by atoms with Crippen LogP contribution in [-0.4, -0.2) is 115 Å². The Bertz CT molecular complexity index is 393. The second-order valence-corrected chi connectivity index (χ2v) is 5.67. The molecule has 11 nitrogen and oxygen atoms in total. The maximum Gasteiger partial charge on any atom is 0.219 e. The Balaban J connectivity index is 1.99. The normalized spacial score (nSPS) is 51.7. The monoisotopic (exact) mass is 342 g/mol. The molecule has 0 radical (unpaired) electrons. The topological polar surface area (TPSA) is 190 Å². The molecule has 0 aromatic carbocycles. The highest BCUT2D eigenvalue weighted by Crippen LogP contribution is 2.27. The standard InChI is InChI=1S/C12H22O11/c13-1-5-7(16)8(17)9(18)11(23-5)21-3-12(20)10(19)6(15)4(14)2-22-12/h4-11,13-20H,1-3H2/t4-,5-,6-,7-,8+,9-,10+,11+,12-/m1/s1. The number of rotatable bonds is 4. The predicted octanol–water partition coefficient (Wildman–Crippen LogP) is -5.40. The van der Waals surface area contributed by atoms with E-state index in [2.05, 4.69) is 0 Å². The SMILES string of the molecule is OC[C@H]1O[C@H](OC[C@@]2(O)OC[C@@H](O)[C@@H](O)[C@@H]2O)[C@H](O)[C@@H](O)[C@@H]1O. The number of aliphatic hydroxyl groups excluding tert-OH is 7. The third-order valence-corrected chi connectivity index (χ3v) is 3.99. The van der Waals surface area contributed by atoms with Gasteiger partial charge in [0.2, 0.25) is 5.79 Å². The van der Waals surface area contributed by atoms with E-state index in [1.54, 1.807) is 0 Å². The lowest BCUT2D eigenvalue weighted by Crippen LogP contribution is -2.64. The van der Waals surface area contributed by atoms with E-state index in [9.17, 15) is 35.7 Å². The molecule has 0 saturated carbocycles. The average Bonchev–Trinajstić information content (AvgIpc) is 2.54. The van der Waals surface area contributed by atoms with Crippen LogP contribution in [0.15, 0.2) is 0 Å². The van der Waals surface area contributed by atoms with Gasteiger partial charge in [-0.1, -0.05) is 0 Å². The summed E-state index contributed by atoms with van der Waals surface area (Å²) in [4.78, 5) is 0. The quantitative estimate of drug-likeness (QED) is 0.243. The summed E-state index contributed by atoms with van der Waals surface area (Å²) >= 11 is 0. The molecular formula is C12H22O11. The molecule has 2 saturated heterocycles. The third kappa shape index (κ3) is 3.65. The molecule has 0 bridgehead atoms. The molecule has 0 aromatic heterocycles. The number of hydrogen-bond donors (Lipinski definition) is 8. The lowest BCUT2D eigenvalue weighted by atomic mass is 9.97. The molecular weight excluding hydrogens is 320 g/mol. The largest absolute Gasteiger partial charge is 0.394 e. The van der Waals surface area contributed by atoms with Crippen molar-refractivity contribution in [3.8, 4) is 0 Å². The highest BCUT2D eigenvalue weighted by molar-refractivity contribution is 4.93. The lowest BCUT2D eigenvalue weighted by molar-refractivity contribution is -0.364. The van der Waals surface area contributed by atoms with Crippen LogP contribution in [0.5, 0.6) is 0 Å². The Hall–Kier alpha value is -0.440. The van der Waals surface area contributed by atoms with Gasteiger partial charge in [0.25, 0.3) is 0 Å². The van der Waals surface area contributed by atoms with E-state index >= 15 is 0 Å². The van der Waals surface area contributed by atoms with E-state index in [1.807, 2.05) is 0 Å². The van der Waals surface area contributed by atoms with Crippen molar-refractivity contribution in [3.05, 3.63) is 0 Å². The summed E-state index contributed by atoms with van der Waals surface area (Å²) in [5.74, 6) is -2.38. The Morgan fingerprint density at radius 1 is 0.957 bits per heavy atom. The maximum atomic E-state index is 10.1. The summed E-state index contributed by atoms with van der Waals surface area (Å²) in [6, 6.07) is 0. The van der Waals surface area contributed by atoms with E-state index in [0.29, 0.717) is 0 Å². The van der Waals surface area contributed by atoms with Gasteiger partial charge < -0.3 is 55.1 Å². The zero-order valence-corrected chi connectivity index (χ0v) is 12.0. The van der Waals surface area contributed by atoms with Gasteiger partial charge in [0, 0.05) is 0 Å². The highest BCUT2D eigenvalue weighted by atomic mass is 16.7. The van der Waals surface area contributed by atoms with Gasteiger partial charge in [0.15, 0.2) is 6.29 Å². The van der Waals surface area contributed by atoms with Crippen LogP contribution in [0.4, 0.5) is 0 Å². The minimum Gasteiger partial charge on any atom is -0.394 e. The molecule has 23 heavy (non-hydrogen) atoms. The summed E-state index contributed by atoms with van der Waals surface area (Å²) in [5.41, 5.74) is 0. The van der Waals surface area contributed by atoms with Crippen molar-refractivity contribution >= 4 is 0 Å². The minimum atomic E-state index is -2.38. The summed E-state index contributed by atoms with van der Waals surface area (Å²) in [5, 5.41) is 76.8. The lowest BCUT2D eigenvalue weighted by Gasteiger charge is -2.44. The first-order chi connectivity index (χ1) is 10.7. The maximum absolute atomic E-state index is 10.1. The van der Waals surface area contributed by atoms with Crippen molar-refractivity contribution in [3.63, 3.8) is 0 Å². The van der Waals surface area contributed by atoms with Gasteiger partial charge in [-0.3, -0.25) is 0 Å². The number of hydrogen-bond acceptors (Lipinski definition) is 11. The van der Waals surface area contributed by atoms with Gasteiger partial charge in [-0.15, -0.1) is 0 Å². The molecule has 2 rings (SSSR count). The fourth-order valence-electron chi connectivity index (χ4n) is 2.42. The Morgan fingerprint density at radius 3 is 2.22 bits per heavy atom. The molecule has 0 spiro atoms. The first-order valence-corrected chi connectivity index (χ1v) is 7.04. The van der Waals surface area contributed by atoms with Gasteiger partial charge in [-0.2, -0.15) is 0 Å². The van der Waals surface area contributed by atoms with Gasteiger partial charge >= 0.3 is 0 Å². The Kier molecular flexibility index (Phi) is 5.92. The number of aliphatic hydroxyl groups is 8. The van der Waals surface area contributed by atoms with Gasteiger partial charge in [-0.05, 0) is 0 Å². The van der Waals surface area contributed by atoms with Crippen LogP contribution < -0.4 is 0 Å². The third-order valence-electron chi connectivity index (χ3n) is 3.99. The fourth-order valence-corrected chi connectivity index (χ4v) is 2.42. The molecule has 136 valence electrons. The first kappa shape index (κ1) is 18.9. The summed E-state index contributed by atoms with van der Waals surface area (Å²) in [7, 11) is 0. The van der Waals surface area contributed by atoms with Crippen molar-refractivity contribution < 1.29 is 55.1 Å². The zero-order chi connectivity index (χ0) is 17.4. The van der Waals surface area contributed by atoms with E-state index < -0.39 is 74.6 Å². The molecule has 2 aliphatic heterocycles. The molecule has 0 unspecified atom stereocenters. The van der Waals surface area contributed by atoms with Gasteiger partial charge in [-0.25, -0.2) is 0 Å². The Labute approximate surface area is 130 Å². The van der Waals surface area contributed by atoms with E-state index in [1.165, 1.54) is 0 Å². The van der Waals surface area contributed by atoms with Gasteiger partial charge in [0.05, 0.1) is 13.2 Å². The van der Waals surface area contributed by atoms with Crippen LogP contribution >= 0.6 is 0 Å². The summed E-state index contributed by atoms with van der Waals surface area (Å²) in [6.45, 7) is -1.90. The van der Waals surface area contributed by atoms with Crippen molar-refractivity contribution in [1.82, 2.24) is 0 Å². The van der Waals surface area contributed by atoms with E-state index in [0.717, 1.165) is 0 Å². The average molecular weight is 342 g/mol. The molecule has 9 atom stereocenters. The van der Waals surface area contributed by atoms with Crippen LogP contribution in [0.25, 0.3) is 0 Å². The van der Waals surface area contributed by atoms with Crippen LogP contribution in [0.3, 0.4) is 0 Å². The first-order valence-electron chi connectivity index (χ1n) is 7.04. The number of ether oxygens (including phenoxy) is 3. The molecule has 2 heterocycles. The summed E-state index contributed by atoms with van der Waals surface area (Å²) < 4.78 is 15.0. The van der Waals surface area contributed by atoms with Crippen molar-refractivity contribution in [2.24, 2.45) is 0 Å². The van der Waals surface area contributed by atoms with Crippen molar-refractivity contribution in [1.29, 1.82) is 0 Å². The Morgan fingerprint density at radius 2 is 1.61 bits per heavy atom. The predicted molar refractivity (Wildman–Crippen MR) is 68.6 cm³/mol. The second-order valence-electron chi connectivity index (χ2n) is 5.67. The van der Waals surface area contributed by atoms with Crippen molar-refractivity contribution in [2.45, 2.75) is 54.8 Å². The van der Waals surface area contributed by atoms with Gasteiger partial charge in [0.1, 0.15) is 49.3 Å². The van der Waals surface area contributed by atoms with Crippen molar-refractivity contribution in [2.75, 3.05) is 19.8 Å². The van der Waals surface area contributed by atoms with Crippen LogP contribution in [0.2, 0.25) is 0 Å². The van der Waals surface area contributed by atoms with Crippen LogP contribution in [0, 0.1) is 0 Å². The molecule has 0 amide bonds. The fraction of sp³-hybridized carbons (Fsp3) is 1.00. The van der Waals surface area contributed by atoms with E-state index in [-0.39, 0.29) is 0 Å². The molecule has 11 heteroatoms. The van der Waals surface area contributed by atoms with Crippen LogP contribution in [0.1, 0.15) is 0 Å². The second kappa shape index (κ2) is 7.21. The molecule has 8 N–H and O–H groups in total. The van der Waals surface area contributed by atoms with E-state index in [4.69, 9.17) is 19.3 Å². The minimum absolute atomic E-state index is 0.466. The zero-order valence-electron chi connectivity index (χ0n) is 12.0. The van der Waals surface area contributed by atoms with Crippen LogP contribution in [-0.2, 0) is 14.2 Å².